The van der Waals surface area contributed by atoms with Crippen molar-refractivity contribution in [2.75, 3.05) is 24.5 Å². The number of hydrogen-bond acceptors (Lipinski definition) is 5. The average Bonchev–Trinajstić information content (AvgIpc) is 2.98. The minimum atomic E-state index is 0.635. The smallest absolute Gasteiger partial charge is 0.318 e. The van der Waals surface area contributed by atoms with E-state index in [0.717, 1.165) is 25.6 Å². The molecule has 1 unspecified atom stereocenters. The van der Waals surface area contributed by atoms with E-state index in [1.54, 1.807) is 0 Å². The second-order valence-corrected chi connectivity index (χ2v) is 5.89. The molecule has 5 nitrogen and oxygen atoms in total. The van der Waals surface area contributed by atoms with Gasteiger partial charge in [0.1, 0.15) is 0 Å². The van der Waals surface area contributed by atoms with Gasteiger partial charge in [-0.25, -0.2) is 0 Å². The maximum Gasteiger partial charge on any atom is 0.318 e. The molecule has 0 aliphatic carbocycles. The van der Waals surface area contributed by atoms with Crippen LogP contribution in [0, 0.1) is 11.8 Å². The molecule has 1 aliphatic heterocycles. The number of nitrogens with one attached hydrogen (secondary N) is 1. The molecule has 1 fully saturated rings. The number of nitrogens with zero attached hydrogens (tertiary/aromatic N) is 3. The summed E-state index contributed by atoms with van der Waals surface area (Å²) in [5.41, 5.74) is 0. The fourth-order valence-electron chi connectivity index (χ4n) is 2.56. The zero-order chi connectivity index (χ0) is 13.7. The second kappa shape index (κ2) is 6.89. The maximum atomic E-state index is 5.72. The van der Waals surface area contributed by atoms with Gasteiger partial charge in [0.15, 0.2) is 0 Å². The molecule has 0 radical (unpaired) electrons. The summed E-state index contributed by atoms with van der Waals surface area (Å²) >= 11 is 0. The summed E-state index contributed by atoms with van der Waals surface area (Å²) in [4.78, 5) is 2.22. The van der Waals surface area contributed by atoms with Crippen LogP contribution in [-0.4, -0.2) is 29.8 Å². The lowest BCUT2D eigenvalue weighted by atomic mass is 10.0. The SMILES string of the molecule is CCCC1CCN(c2nnc(CNCC(C)C)o2)C1. The van der Waals surface area contributed by atoms with Gasteiger partial charge in [-0.15, -0.1) is 5.10 Å². The van der Waals surface area contributed by atoms with Crippen LogP contribution in [-0.2, 0) is 6.54 Å². The molecule has 0 amide bonds. The molecule has 1 N–H and O–H groups in total. The Balaban J connectivity index is 1.80. The van der Waals surface area contributed by atoms with Crippen molar-refractivity contribution in [1.82, 2.24) is 15.5 Å². The summed E-state index contributed by atoms with van der Waals surface area (Å²) in [6.07, 6.45) is 3.80. The first kappa shape index (κ1) is 14.3. The van der Waals surface area contributed by atoms with Gasteiger partial charge in [0.25, 0.3) is 0 Å². The van der Waals surface area contributed by atoms with Crippen molar-refractivity contribution < 1.29 is 4.42 Å². The fraction of sp³-hybridized carbons (Fsp3) is 0.857. The van der Waals surface area contributed by atoms with Gasteiger partial charge in [0.05, 0.1) is 6.54 Å². The Kier molecular flexibility index (Phi) is 5.19. The molecular formula is C14H26N4O. The minimum Gasteiger partial charge on any atom is -0.407 e. The number of hydrogen-bond donors (Lipinski definition) is 1. The van der Waals surface area contributed by atoms with Crippen LogP contribution in [0.3, 0.4) is 0 Å². The van der Waals surface area contributed by atoms with Gasteiger partial charge in [-0.3, -0.25) is 0 Å². The Morgan fingerprint density at radius 1 is 1.42 bits per heavy atom. The van der Waals surface area contributed by atoms with Crippen LogP contribution >= 0.6 is 0 Å². The van der Waals surface area contributed by atoms with E-state index >= 15 is 0 Å². The number of rotatable bonds is 7. The quantitative estimate of drug-likeness (QED) is 0.821. The van der Waals surface area contributed by atoms with Crippen LogP contribution in [0.4, 0.5) is 6.01 Å². The molecule has 0 bridgehead atoms. The fourth-order valence-corrected chi connectivity index (χ4v) is 2.56. The monoisotopic (exact) mass is 266 g/mol. The summed E-state index contributed by atoms with van der Waals surface area (Å²) in [7, 11) is 0. The van der Waals surface area contributed by atoms with E-state index < -0.39 is 0 Å². The Labute approximate surface area is 115 Å². The lowest BCUT2D eigenvalue weighted by Crippen LogP contribution is -2.20. The largest absolute Gasteiger partial charge is 0.407 e. The zero-order valence-corrected chi connectivity index (χ0v) is 12.4. The Hall–Kier alpha value is -1.10. The Morgan fingerprint density at radius 2 is 2.26 bits per heavy atom. The van der Waals surface area contributed by atoms with E-state index in [9.17, 15) is 0 Å². The summed E-state index contributed by atoms with van der Waals surface area (Å²) in [6.45, 7) is 10.4. The van der Waals surface area contributed by atoms with Crippen molar-refractivity contribution in [3.8, 4) is 0 Å². The van der Waals surface area contributed by atoms with Gasteiger partial charge in [0, 0.05) is 13.1 Å². The van der Waals surface area contributed by atoms with E-state index in [4.69, 9.17) is 4.42 Å². The van der Waals surface area contributed by atoms with E-state index in [1.165, 1.54) is 19.3 Å². The molecule has 19 heavy (non-hydrogen) atoms. The van der Waals surface area contributed by atoms with Crippen molar-refractivity contribution in [1.29, 1.82) is 0 Å². The van der Waals surface area contributed by atoms with Crippen molar-refractivity contribution in [3.05, 3.63) is 5.89 Å². The third-order valence-electron chi connectivity index (χ3n) is 3.54. The molecule has 0 saturated carbocycles. The van der Waals surface area contributed by atoms with Gasteiger partial charge >= 0.3 is 6.01 Å². The summed E-state index contributed by atoms with van der Waals surface area (Å²) in [5.74, 6) is 2.12. The summed E-state index contributed by atoms with van der Waals surface area (Å²) < 4.78 is 5.72. The molecule has 1 atom stereocenters. The highest BCUT2D eigenvalue weighted by molar-refractivity contribution is 5.26. The van der Waals surface area contributed by atoms with Crippen LogP contribution < -0.4 is 10.2 Å². The van der Waals surface area contributed by atoms with E-state index in [2.05, 4.69) is 41.2 Å². The van der Waals surface area contributed by atoms with Crippen molar-refractivity contribution >= 4 is 6.01 Å². The first-order valence-corrected chi connectivity index (χ1v) is 7.47. The molecule has 2 rings (SSSR count). The molecule has 1 aromatic heterocycles. The van der Waals surface area contributed by atoms with E-state index in [1.807, 2.05) is 0 Å². The molecule has 5 heteroatoms. The molecule has 2 heterocycles. The van der Waals surface area contributed by atoms with Crippen LogP contribution in [0.1, 0.15) is 45.9 Å². The first-order valence-electron chi connectivity index (χ1n) is 7.47. The molecule has 1 aliphatic rings. The maximum absolute atomic E-state index is 5.72. The van der Waals surface area contributed by atoms with Crippen LogP contribution in [0.15, 0.2) is 4.42 Å². The van der Waals surface area contributed by atoms with Crippen LogP contribution in [0.5, 0.6) is 0 Å². The number of aromatic nitrogens is 2. The Bertz CT molecular complexity index is 377. The molecular weight excluding hydrogens is 240 g/mol. The highest BCUT2D eigenvalue weighted by atomic mass is 16.4. The van der Waals surface area contributed by atoms with Crippen molar-refractivity contribution in [3.63, 3.8) is 0 Å². The van der Waals surface area contributed by atoms with Crippen molar-refractivity contribution in [2.45, 2.75) is 46.6 Å². The number of anilines is 1. The minimum absolute atomic E-state index is 0.635. The standard InChI is InChI=1S/C14H26N4O/c1-4-5-12-6-7-18(10-12)14-17-16-13(19-14)9-15-8-11(2)3/h11-12,15H,4-10H2,1-3H3. The predicted octanol–water partition coefficient (Wildman–Crippen LogP) is 2.44. The average molecular weight is 266 g/mol. The lowest BCUT2D eigenvalue weighted by Gasteiger charge is -2.12. The molecule has 1 saturated heterocycles. The zero-order valence-electron chi connectivity index (χ0n) is 12.4. The highest BCUT2D eigenvalue weighted by Crippen LogP contribution is 2.25. The third kappa shape index (κ3) is 4.20. The van der Waals surface area contributed by atoms with Gasteiger partial charge in [-0.2, -0.15) is 0 Å². The summed E-state index contributed by atoms with van der Waals surface area (Å²) in [6, 6.07) is 0.694. The summed E-state index contributed by atoms with van der Waals surface area (Å²) in [5, 5.41) is 11.6. The van der Waals surface area contributed by atoms with Crippen molar-refractivity contribution in [2.24, 2.45) is 11.8 Å². The van der Waals surface area contributed by atoms with Gasteiger partial charge in [0.2, 0.25) is 5.89 Å². The third-order valence-corrected chi connectivity index (χ3v) is 3.54. The first-order chi connectivity index (χ1) is 9.19. The normalized spacial score (nSPS) is 19.6. The van der Waals surface area contributed by atoms with Gasteiger partial charge < -0.3 is 14.6 Å². The second-order valence-electron chi connectivity index (χ2n) is 5.89. The molecule has 108 valence electrons. The lowest BCUT2D eigenvalue weighted by molar-refractivity contribution is 0.448. The van der Waals surface area contributed by atoms with Gasteiger partial charge in [-0.05, 0) is 31.2 Å². The van der Waals surface area contributed by atoms with E-state index in [0.29, 0.717) is 24.4 Å². The molecule has 1 aromatic rings. The Morgan fingerprint density at radius 3 is 3.00 bits per heavy atom. The van der Waals surface area contributed by atoms with Gasteiger partial charge in [-0.1, -0.05) is 32.3 Å². The predicted molar refractivity (Wildman–Crippen MR) is 76.1 cm³/mol. The molecule has 0 aromatic carbocycles. The van der Waals surface area contributed by atoms with Crippen LogP contribution in [0.25, 0.3) is 0 Å². The van der Waals surface area contributed by atoms with E-state index in [-0.39, 0.29) is 0 Å². The highest BCUT2D eigenvalue weighted by Gasteiger charge is 2.25. The molecule has 0 spiro atoms. The van der Waals surface area contributed by atoms with Crippen LogP contribution in [0.2, 0.25) is 0 Å². The topological polar surface area (TPSA) is 54.2 Å².